The summed E-state index contributed by atoms with van der Waals surface area (Å²) in [5.74, 6) is -1.58. The van der Waals surface area contributed by atoms with Crippen LogP contribution >= 0.6 is 11.6 Å². The van der Waals surface area contributed by atoms with Gasteiger partial charge in [-0.3, -0.25) is 19.3 Å². The lowest BCUT2D eigenvalue weighted by atomic mass is 10.3. The van der Waals surface area contributed by atoms with Gasteiger partial charge in [0, 0.05) is 11.6 Å². The van der Waals surface area contributed by atoms with E-state index in [4.69, 9.17) is 22.1 Å². The zero-order valence-electron chi connectivity index (χ0n) is 11.5. The van der Waals surface area contributed by atoms with Crippen LogP contribution in [0.15, 0.2) is 18.2 Å². The van der Waals surface area contributed by atoms with Crippen molar-refractivity contribution in [2.24, 2.45) is 5.73 Å². The Balaban J connectivity index is 2.82. The van der Waals surface area contributed by atoms with Gasteiger partial charge in [-0.15, -0.1) is 0 Å². The first-order chi connectivity index (χ1) is 10.0. The van der Waals surface area contributed by atoms with Crippen molar-refractivity contribution < 1.29 is 19.1 Å². The van der Waals surface area contributed by atoms with E-state index in [0.717, 1.165) is 4.90 Å². The molecule has 0 aliphatic rings. The molecular weight excluding hydrogens is 298 g/mol. The molecule has 0 spiro atoms. The molecule has 0 atom stereocenters. The lowest BCUT2D eigenvalue weighted by molar-refractivity contribution is -0.146. The SMILES string of the molecule is COc1ccc(Cl)cc1NC(=O)C(=O)N(C=O)CCCN. The van der Waals surface area contributed by atoms with Crippen LogP contribution in [0.5, 0.6) is 5.75 Å². The normalized spacial score (nSPS) is 9.86. The molecular formula is C13H16ClN3O4. The van der Waals surface area contributed by atoms with Crippen molar-refractivity contribution in [3.63, 3.8) is 0 Å². The van der Waals surface area contributed by atoms with Crippen molar-refractivity contribution in [2.75, 3.05) is 25.5 Å². The largest absolute Gasteiger partial charge is 0.495 e. The van der Waals surface area contributed by atoms with Gasteiger partial charge in [-0.2, -0.15) is 0 Å². The van der Waals surface area contributed by atoms with E-state index in [1.807, 2.05) is 0 Å². The Labute approximate surface area is 127 Å². The van der Waals surface area contributed by atoms with Crippen LogP contribution in [-0.2, 0) is 14.4 Å². The number of methoxy groups -OCH3 is 1. The molecule has 0 saturated heterocycles. The molecule has 0 fully saturated rings. The molecule has 8 heteroatoms. The highest BCUT2D eigenvalue weighted by atomic mass is 35.5. The summed E-state index contributed by atoms with van der Waals surface area (Å²) in [5, 5.41) is 2.73. The number of hydrogen-bond acceptors (Lipinski definition) is 5. The van der Waals surface area contributed by atoms with Crippen LogP contribution < -0.4 is 15.8 Å². The van der Waals surface area contributed by atoms with E-state index in [1.54, 1.807) is 12.1 Å². The Hall–Kier alpha value is -2.12. The van der Waals surface area contributed by atoms with Gasteiger partial charge >= 0.3 is 11.8 Å². The zero-order chi connectivity index (χ0) is 15.8. The summed E-state index contributed by atoms with van der Waals surface area (Å²) in [6.07, 6.45) is 0.713. The second kappa shape index (κ2) is 8.23. The average molecular weight is 314 g/mol. The first kappa shape index (κ1) is 16.9. The number of halogens is 1. The van der Waals surface area contributed by atoms with Gasteiger partial charge in [0.2, 0.25) is 6.41 Å². The van der Waals surface area contributed by atoms with Crippen LogP contribution in [0, 0.1) is 0 Å². The number of carbonyl (C=O) groups excluding carboxylic acids is 3. The molecule has 3 N–H and O–H groups in total. The quantitative estimate of drug-likeness (QED) is 0.592. The highest BCUT2D eigenvalue weighted by Crippen LogP contribution is 2.27. The van der Waals surface area contributed by atoms with E-state index >= 15 is 0 Å². The molecule has 0 heterocycles. The monoisotopic (exact) mass is 313 g/mol. The fraction of sp³-hybridized carbons (Fsp3) is 0.308. The zero-order valence-corrected chi connectivity index (χ0v) is 12.2. The Morgan fingerprint density at radius 1 is 1.48 bits per heavy atom. The second-order valence-corrected chi connectivity index (χ2v) is 4.48. The molecule has 21 heavy (non-hydrogen) atoms. The number of anilines is 1. The highest BCUT2D eigenvalue weighted by molar-refractivity contribution is 6.41. The third-order valence-corrected chi connectivity index (χ3v) is 2.83. The molecule has 0 aliphatic heterocycles. The summed E-state index contributed by atoms with van der Waals surface area (Å²) in [7, 11) is 1.42. The van der Waals surface area contributed by atoms with Crippen LogP contribution in [0.3, 0.4) is 0 Å². The van der Waals surface area contributed by atoms with Crippen LogP contribution in [0.4, 0.5) is 5.69 Å². The van der Waals surface area contributed by atoms with Gasteiger partial charge in [-0.25, -0.2) is 0 Å². The van der Waals surface area contributed by atoms with Crippen molar-refractivity contribution in [2.45, 2.75) is 6.42 Å². The van der Waals surface area contributed by atoms with Crippen molar-refractivity contribution in [3.05, 3.63) is 23.2 Å². The van der Waals surface area contributed by atoms with Gasteiger partial charge in [-0.05, 0) is 31.2 Å². The molecule has 1 rings (SSSR count). The number of nitrogens with zero attached hydrogens (tertiary/aromatic N) is 1. The van der Waals surface area contributed by atoms with E-state index in [0.29, 0.717) is 30.1 Å². The van der Waals surface area contributed by atoms with Crippen molar-refractivity contribution in [1.82, 2.24) is 4.90 Å². The Bertz CT molecular complexity index is 536. The van der Waals surface area contributed by atoms with E-state index in [-0.39, 0.29) is 12.2 Å². The maximum absolute atomic E-state index is 11.9. The molecule has 1 aromatic rings. The number of nitrogens with one attached hydrogen (secondary N) is 1. The van der Waals surface area contributed by atoms with Crippen LogP contribution in [-0.4, -0.2) is 43.3 Å². The van der Waals surface area contributed by atoms with E-state index in [1.165, 1.54) is 13.2 Å². The predicted molar refractivity (Wildman–Crippen MR) is 78.1 cm³/mol. The molecule has 7 nitrogen and oxygen atoms in total. The topological polar surface area (TPSA) is 102 Å². The first-order valence-corrected chi connectivity index (χ1v) is 6.52. The second-order valence-electron chi connectivity index (χ2n) is 4.04. The Kier molecular flexibility index (Phi) is 6.64. The van der Waals surface area contributed by atoms with E-state index in [2.05, 4.69) is 5.32 Å². The van der Waals surface area contributed by atoms with Crippen molar-refractivity contribution in [1.29, 1.82) is 0 Å². The van der Waals surface area contributed by atoms with Crippen molar-refractivity contribution >= 4 is 35.5 Å². The molecule has 1 aromatic carbocycles. The predicted octanol–water partition coefficient (Wildman–Crippen LogP) is 0.621. The van der Waals surface area contributed by atoms with Crippen LogP contribution in [0.2, 0.25) is 5.02 Å². The van der Waals surface area contributed by atoms with Crippen LogP contribution in [0.25, 0.3) is 0 Å². The van der Waals surface area contributed by atoms with Gasteiger partial charge in [0.05, 0.1) is 12.8 Å². The molecule has 0 saturated carbocycles. The summed E-state index contributed by atoms with van der Waals surface area (Å²) in [6.45, 7) is 0.389. The van der Waals surface area contributed by atoms with Crippen molar-refractivity contribution in [3.8, 4) is 5.75 Å². The lowest BCUT2D eigenvalue weighted by Gasteiger charge is -2.15. The highest BCUT2D eigenvalue weighted by Gasteiger charge is 2.22. The molecule has 114 valence electrons. The maximum atomic E-state index is 11.9. The van der Waals surface area contributed by atoms with Gasteiger partial charge < -0.3 is 15.8 Å². The standard InChI is InChI=1S/C13H16ClN3O4/c1-21-11-4-3-9(14)7-10(11)16-12(19)13(20)17(8-18)6-2-5-15/h3-4,7-8H,2,5-6,15H2,1H3,(H,16,19). The number of imide groups is 1. The molecule has 0 aromatic heterocycles. The molecule has 0 aliphatic carbocycles. The summed E-state index contributed by atoms with van der Waals surface area (Å²) in [6, 6.07) is 4.57. The van der Waals surface area contributed by atoms with Gasteiger partial charge in [-0.1, -0.05) is 11.6 Å². The number of benzene rings is 1. The summed E-state index contributed by atoms with van der Waals surface area (Å²) < 4.78 is 5.05. The molecule has 0 unspecified atom stereocenters. The van der Waals surface area contributed by atoms with Gasteiger partial charge in [0.1, 0.15) is 5.75 Å². The number of amides is 3. The summed E-state index contributed by atoms with van der Waals surface area (Å²) in [4.78, 5) is 35.3. The fourth-order valence-electron chi connectivity index (χ4n) is 1.55. The summed E-state index contributed by atoms with van der Waals surface area (Å²) >= 11 is 5.82. The number of hydrogen-bond donors (Lipinski definition) is 2. The van der Waals surface area contributed by atoms with Gasteiger partial charge in [0.25, 0.3) is 0 Å². The summed E-state index contributed by atoms with van der Waals surface area (Å²) in [5.41, 5.74) is 5.54. The third-order valence-electron chi connectivity index (χ3n) is 2.60. The minimum atomic E-state index is -0.972. The van der Waals surface area contributed by atoms with E-state index < -0.39 is 11.8 Å². The average Bonchev–Trinajstić information content (AvgIpc) is 2.48. The maximum Gasteiger partial charge on any atom is 0.318 e. The Morgan fingerprint density at radius 2 is 2.19 bits per heavy atom. The number of ether oxygens (including phenoxy) is 1. The Morgan fingerprint density at radius 3 is 2.76 bits per heavy atom. The minimum Gasteiger partial charge on any atom is -0.495 e. The molecule has 0 bridgehead atoms. The molecule has 3 amide bonds. The third kappa shape index (κ3) is 4.73. The number of rotatable bonds is 6. The van der Waals surface area contributed by atoms with Crippen LogP contribution in [0.1, 0.15) is 6.42 Å². The van der Waals surface area contributed by atoms with E-state index in [9.17, 15) is 14.4 Å². The molecule has 0 radical (unpaired) electrons. The number of nitrogens with two attached hydrogens (primary N) is 1. The number of carbonyl (C=O) groups is 3. The minimum absolute atomic E-state index is 0.0823. The fourth-order valence-corrected chi connectivity index (χ4v) is 1.72. The van der Waals surface area contributed by atoms with Gasteiger partial charge in [0.15, 0.2) is 0 Å². The smallest absolute Gasteiger partial charge is 0.318 e. The first-order valence-electron chi connectivity index (χ1n) is 6.14. The lowest BCUT2D eigenvalue weighted by Crippen LogP contribution is -2.40.